The second-order valence-electron chi connectivity index (χ2n) is 6.68. The predicted octanol–water partition coefficient (Wildman–Crippen LogP) is 2.47. The number of rotatable bonds is 7. The minimum Gasteiger partial charge on any atom is -0.497 e. The number of methoxy groups -OCH3 is 1. The number of ether oxygens (including phenoxy) is 3. The van der Waals surface area contributed by atoms with Crippen LogP contribution in [-0.4, -0.2) is 50.3 Å². The van der Waals surface area contributed by atoms with Crippen LogP contribution in [0.5, 0.6) is 17.2 Å². The zero-order valence-corrected chi connectivity index (χ0v) is 16.0. The van der Waals surface area contributed by atoms with Gasteiger partial charge in [0.15, 0.2) is 11.5 Å². The van der Waals surface area contributed by atoms with Gasteiger partial charge in [-0.15, -0.1) is 0 Å². The molecule has 1 amide bonds. The van der Waals surface area contributed by atoms with Gasteiger partial charge < -0.3 is 19.5 Å². The first-order chi connectivity index (χ1) is 13.1. The maximum Gasteiger partial charge on any atom is 0.237 e. The van der Waals surface area contributed by atoms with Crippen molar-refractivity contribution < 1.29 is 19.0 Å². The van der Waals surface area contributed by atoms with Gasteiger partial charge in [0.2, 0.25) is 5.91 Å². The van der Waals surface area contributed by atoms with Crippen LogP contribution in [0.15, 0.2) is 48.5 Å². The zero-order chi connectivity index (χ0) is 19.2. The van der Waals surface area contributed by atoms with E-state index in [4.69, 9.17) is 14.2 Å². The third-order valence-corrected chi connectivity index (χ3v) is 4.73. The molecule has 1 aliphatic rings. The summed E-state index contributed by atoms with van der Waals surface area (Å²) in [6.45, 7) is 3.45. The quantitative estimate of drug-likeness (QED) is 0.811. The summed E-state index contributed by atoms with van der Waals surface area (Å²) in [5.74, 6) is 2.29. The molecule has 1 aliphatic heterocycles. The number of amides is 1. The monoisotopic (exact) mass is 370 g/mol. The molecule has 0 saturated carbocycles. The van der Waals surface area contributed by atoms with Crippen molar-refractivity contribution in [3.63, 3.8) is 0 Å². The lowest BCUT2D eigenvalue weighted by Crippen LogP contribution is -2.48. The summed E-state index contributed by atoms with van der Waals surface area (Å²) < 4.78 is 16.9. The minimum absolute atomic E-state index is 0.0227. The Morgan fingerprint density at radius 2 is 1.93 bits per heavy atom. The lowest BCUT2D eigenvalue weighted by Gasteiger charge is -2.31. The SMILES string of the molecule is COc1ccc(CNC(=O)[C@H](C)N(C)C[C@H]2COc3ccccc3O2)cc1. The van der Waals surface area contributed by atoms with Crippen LogP contribution in [0.3, 0.4) is 0 Å². The number of carbonyl (C=O) groups is 1. The molecule has 144 valence electrons. The maximum atomic E-state index is 12.5. The third-order valence-electron chi connectivity index (χ3n) is 4.73. The average molecular weight is 370 g/mol. The van der Waals surface area contributed by atoms with Gasteiger partial charge in [-0.3, -0.25) is 9.69 Å². The van der Waals surface area contributed by atoms with Gasteiger partial charge in [0.1, 0.15) is 18.5 Å². The number of fused-ring (bicyclic) bond motifs is 1. The molecule has 0 spiro atoms. The topological polar surface area (TPSA) is 60.0 Å². The minimum atomic E-state index is -0.274. The number of nitrogens with one attached hydrogen (secondary N) is 1. The highest BCUT2D eigenvalue weighted by atomic mass is 16.6. The molecule has 0 saturated heterocycles. The van der Waals surface area contributed by atoms with Crippen molar-refractivity contribution >= 4 is 5.91 Å². The number of benzene rings is 2. The van der Waals surface area contributed by atoms with Crippen LogP contribution in [0.4, 0.5) is 0 Å². The number of hydrogen-bond donors (Lipinski definition) is 1. The standard InChI is InChI=1S/C21H26N2O4/c1-15(21(24)22-12-16-8-10-17(25-3)11-9-16)23(2)13-18-14-26-19-6-4-5-7-20(19)27-18/h4-11,15,18H,12-14H2,1-3H3,(H,22,24)/t15-,18-/m0/s1. The van der Waals surface area contributed by atoms with Crippen LogP contribution in [0.25, 0.3) is 0 Å². The summed E-state index contributed by atoms with van der Waals surface area (Å²) in [5, 5.41) is 2.98. The summed E-state index contributed by atoms with van der Waals surface area (Å²) in [4.78, 5) is 14.4. The third kappa shape index (κ3) is 4.92. The molecule has 2 atom stereocenters. The van der Waals surface area contributed by atoms with Gasteiger partial charge in [0.25, 0.3) is 0 Å². The van der Waals surface area contributed by atoms with E-state index >= 15 is 0 Å². The van der Waals surface area contributed by atoms with Crippen LogP contribution in [0.2, 0.25) is 0 Å². The number of likely N-dealkylation sites (N-methyl/N-ethyl adjacent to an activating group) is 1. The fourth-order valence-corrected chi connectivity index (χ4v) is 2.91. The molecule has 27 heavy (non-hydrogen) atoms. The van der Waals surface area contributed by atoms with Crippen molar-refractivity contribution in [3.05, 3.63) is 54.1 Å². The Balaban J connectivity index is 1.47. The van der Waals surface area contributed by atoms with Crippen LogP contribution >= 0.6 is 0 Å². The van der Waals surface area contributed by atoms with Crippen LogP contribution in [0, 0.1) is 0 Å². The van der Waals surface area contributed by atoms with E-state index in [-0.39, 0.29) is 18.1 Å². The van der Waals surface area contributed by atoms with Gasteiger partial charge in [0.05, 0.1) is 13.2 Å². The van der Waals surface area contributed by atoms with Crippen molar-refractivity contribution in [3.8, 4) is 17.2 Å². The largest absolute Gasteiger partial charge is 0.497 e. The van der Waals surface area contributed by atoms with E-state index in [1.807, 2.05) is 67.4 Å². The summed E-state index contributed by atoms with van der Waals surface area (Å²) in [6, 6.07) is 15.0. The molecule has 2 aromatic rings. The van der Waals surface area contributed by atoms with E-state index in [0.29, 0.717) is 19.7 Å². The Morgan fingerprint density at radius 3 is 2.63 bits per heavy atom. The molecule has 3 rings (SSSR count). The fraction of sp³-hybridized carbons (Fsp3) is 0.381. The average Bonchev–Trinajstić information content (AvgIpc) is 2.71. The lowest BCUT2D eigenvalue weighted by atomic mass is 10.2. The highest BCUT2D eigenvalue weighted by molar-refractivity contribution is 5.81. The number of nitrogens with zero attached hydrogens (tertiary/aromatic N) is 1. The smallest absolute Gasteiger partial charge is 0.237 e. The lowest BCUT2D eigenvalue weighted by molar-refractivity contribution is -0.126. The molecule has 0 aromatic heterocycles. The molecule has 6 nitrogen and oxygen atoms in total. The van der Waals surface area contributed by atoms with E-state index in [2.05, 4.69) is 5.32 Å². The molecular weight excluding hydrogens is 344 g/mol. The van der Waals surface area contributed by atoms with Crippen molar-refractivity contribution in [1.82, 2.24) is 10.2 Å². The first-order valence-corrected chi connectivity index (χ1v) is 9.06. The second-order valence-corrected chi connectivity index (χ2v) is 6.68. The van der Waals surface area contributed by atoms with Crippen LogP contribution in [-0.2, 0) is 11.3 Å². The molecule has 2 aromatic carbocycles. The molecule has 1 heterocycles. The van der Waals surface area contributed by atoms with E-state index < -0.39 is 0 Å². The van der Waals surface area contributed by atoms with Gasteiger partial charge in [-0.05, 0) is 43.8 Å². The fourth-order valence-electron chi connectivity index (χ4n) is 2.91. The first-order valence-electron chi connectivity index (χ1n) is 9.06. The van der Waals surface area contributed by atoms with Crippen molar-refractivity contribution in [2.24, 2.45) is 0 Å². The molecule has 6 heteroatoms. The van der Waals surface area contributed by atoms with Gasteiger partial charge in [-0.2, -0.15) is 0 Å². The van der Waals surface area contributed by atoms with E-state index in [0.717, 1.165) is 22.8 Å². The summed E-state index contributed by atoms with van der Waals surface area (Å²) in [5.41, 5.74) is 1.03. The molecule has 0 fully saturated rings. The first kappa shape index (κ1) is 19.0. The van der Waals surface area contributed by atoms with Gasteiger partial charge in [-0.25, -0.2) is 0 Å². The second kappa shape index (κ2) is 8.77. The predicted molar refractivity (Wildman–Crippen MR) is 103 cm³/mol. The molecular formula is C21H26N2O4. The van der Waals surface area contributed by atoms with E-state index in [9.17, 15) is 4.79 Å². The molecule has 0 radical (unpaired) electrons. The number of carbonyl (C=O) groups excluding carboxylic acids is 1. The summed E-state index contributed by atoms with van der Waals surface area (Å²) in [6.07, 6.45) is -0.110. The van der Waals surface area contributed by atoms with Gasteiger partial charge in [-0.1, -0.05) is 24.3 Å². The molecule has 0 unspecified atom stereocenters. The Morgan fingerprint density at radius 1 is 1.22 bits per heavy atom. The number of para-hydroxylation sites is 2. The van der Waals surface area contributed by atoms with Crippen molar-refractivity contribution in [2.45, 2.75) is 25.6 Å². The Kier molecular flexibility index (Phi) is 6.19. The van der Waals surface area contributed by atoms with Gasteiger partial charge in [0, 0.05) is 13.1 Å². The highest BCUT2D eigenvalue weighted by Crippen LogP contribution is 2.31. The highest BCUT2D eigenvalue weighted by Gasteiger charge is 2.25. The van der Waals surface area contributed by atoms with Gasteiger partial charge >= 0.3 is 0 Å². The van der Waals surface area contributed by atoms with Crippen molar-refractivity contribution in [1.29, 1.82) is 0 Å². The molecule has 1 N–H and O–H groups in total. The Bertz CT molecular complexity index is 763. The normalized spacial score (nSPS) is 16.7. The maximum absolute atomic E-state index is 12.5. The zero-order valence-electron chi connectivity index (χ0n) is 16.0. The van der Waals surface area contributed by atoms with Crippen LogP contribution in [0.1, 0.15) is 12.5 Å². The summed E-state index contributed by atoms with van der Waals surface area (Å²) >= 11 is 0. The van der Waals surface area contributed by atoms with E-state index in [1.165, 1.54) is 0 Å². The van der Waals surface area contributed by atoms with E-state index in [1.54, 1.807) is 7.11 Å². The van der Waals surface area contributed by atoms with Crippen molar-refractivity contribution in [2.75, 3.05) is 27.3 Å². The molecule has 0 bridgehead atoms. The Labute approximate surface area is 160 Å². The molecule has 0 aliphatic carbocycles. The Hall–Kier alpha value is -2.73. The summed E-state index contributed by atoms with van der Waals surface area (Å²) in [7, 11) is 3.55. The number of hydrogen-bond acceptors (Lipinski definition) is 5. The van der Waals surface area contributed by atoms with Crippen LogP contribution < -0.4 is 19.5 Å².